The van der Waals surface area contributed by atoms with E-state index in [0.29, 0.717) is 37.3 Å². The van der Waals surface area contributed by atoms with Crippen molar-refractivity contribution in [2.75, 3.05) is 26.2 Å². The number of alkyl halides is 3. The van der Waals surface area contributed by atoms with Gasteiger partial charge >= 0.3 is 12.5 Å². The molecule has 0 spiro atoms. The van der Waals surface area contributed by atoms with Crippen molar-refractivity contribution in [2.24, 2.45) is 16.5 Å². The molecule has 0 saturated carbocycles. The van der Waals surface area contributed by atoms with Crippen LogP contribution in [0.3, 0.4) is 0 Å². The fourth-order valence-corrected chi connectivity index (χ4v) is 5.14. The van der Waals surface area contributed by atoms with Crippen LogP contribution in [0.25, 0.3) is 0 Å². The highest BCUT2D eigenvalue weighted by molar-refractivity contribution is 7.89. The Morgan fingerprint density at radius 3 is 2.17 bits per heavy atom. The van der Waals surface area contributed by atoms with Crippen LogP contribution in [-0.4, -0.2) is 62.8 Å². The van der Waals surface area contributed by atoms with E-state index in [9.17, 15) is 31.2 Å². The topological polar surface area (TPSA) is 119 Å². The number of sulfonamides is 1. The molecule has 2 aromatic carbocycles. The van der Waals surface area contributed by atoms with E-state index in [4.69, 9.17) is 9.88 Å². The molecule has 0 bridgehead atoms. The smallest absolute Gasteiger partial charge is 0.445 e. The van der Waals surface area contributed by atoms with E-state index in [1.807, 2.05) is 6.92 Å². The number of hydrogen-bond donors (Lipinski definition) is 1. The summed E-state index contributed by atoms with van der Waals surface area (Å²) in [6.45, 7) is 3.49. The van der Waals surface area contributed by atoms with Crippen molar-refractivity contribution in [1.29, 1.82) is 0 Å². The van der Waals surface area contributed by atoms with Crippen molar-refractivity contribution in [3.05, 3.63) is 59.7 Å². The van der Waals surface area contributed by atoms with Gasteiger partial charge in [0.15, 0.2) is 0 Å². The van der Waals surface area contributed by atoms with Crippen molar-refractivity contribution >= 4 is 22.0 Å². The maximum Gasteiger partial charge on any atom is 0.573 e. The first-order valence-corrected chi connectivity index (χ1v) is 12.5. The van der Waals surface area contributed by atoms with Crippen LogP contribution in [-0.2, 0) is 21.4 Å². The Bertz CT molecular complexity index is 1250. The Kier molecular flexibility index (Phi) is 6.64. The van der Waals surface area contributed by atoms with Crippen LogP contribution in [0.15, 0.2) is 53.4 Å². The van der Waals surface area contributed by atoms with E-state index in [-0.39, 0.29) is 34.5 Å². The molecule has 194 valence electrons. The van der Waals surface area contributed by atoms with Gasteiger partial charge in [0.25, 0.3) is 5.91 Å². The highest BCUT2D eigenvalue weighted by atomic mass is 32.2. The molecule has 0 aromatic heterocycles. The van der Waals surface area contributed by atoms with Gasteiger partial charge in [0.1, 0.15) is 12.4 Å². The minimum absolute atomic E-state index is 0.0245. The molecule has 2 aliphatic rings. The normalized spacial score (nSPS) is 21.9. The zero-order valence-corrected chi connectivity index (χ0v) is 20.0. The SMILES string of the molecule is C[C@@]12CN(C(=O)OCc3ccc(OC(F)(F)F)cc3)C[C@H]1CN(C(=O)c1ccc(S(N)(=O)=O)cc1)C2. The number of rotatable bonds is 5. The molecule has 0 radical (unpaired) electrons. The van der Waals surface area contributed by atoms with Gasteiger partial charge in [-0.2, -0.15) is 0 Å². The predicted molar refractivity (Wildman–Crippen MR) is 120 cm³/mol. The number of hydrogen-bond acceptors (Lipinski definition) is 6. The second-order valence-electron chi connectivity index (χ2n) is 9.23. The van der Waals surface area contributed by atoms with Gasteiger partial charge in [0.05, 0.1) is 4.90 Å². The number of nitrogens with zero attached hydrogens (tertiary/aromatic N) is 2. The van der Waals surface area contributed by atoms with Crippen LogP contribution in [0.2, 0.25) is 0 Å². The minimum Gasteiger partial charge on any atom is -0.445 e. The van der Waals surface area contributed by atoms with Crippen LogP contribution in [0, 0.1) is 11.3 Å². The summed E-state index contributed by atoms with van der Waals surface area (Å²) in [6.07, 6.45) is -5.33. The summed E-state index contributed by atoms with van der Waals surface area (Å²) < 4.78 is 68.8. The van der Waals surface area contributed by atoms with Crippen molar-refractivity contribution in [1.82, 2.24) is 9.80 Å². The molecule has 13 heteroatoms. The molecule has 2 aromatic rings. The molecule has 2 saturated heterocycles. The second kappa shape index (κ2) is 9.28. The Hall–Kier alpha value is -3.32. The van der Waals surface area contributed by atoms with Crippen LogP contribution >= 0.6 is 0 Å². The van der Waals surface area contributed by atoms with Gasteiger partial charge in [-0.25, -0.2) is 18.4 Å². The highest BCUT2D eigenvalue weighted by Crippen LogP contribution is 2.42. The molecule has 9 nitrogen and oxygen atoms in total. The Morgan fingerprint density at radius 2 is 1.61 bits per heavy atom. The zero-order valence-electron chi connectivity index (χ0n) is 19.2. The summed E-state index contributed by atoms with van der Waals surface area (Å²) in [5.41, 5.74) is 0.508. The maximum atomic E-state index is 12.9. The molecule has 2 atom stereocenters. The molecular formula is C23H24F3N3O6S. The lowest BCUT2D eigenvalue weighted by Gasteiger charge is -2.25. The number of carbonyl (C=O) groups excluding carboxylic acids is 2. The molecule has 0 aliphatic carbocycles. The number of fused-ring (bicyclic) bond motifs is 1. The Morgan fingerprint density at radius 1 is 1.03 bits per heavy atom. The molecule has 2 aliphatic heterocycles. The molecular weight excluding hydrogens is 503 g/mol. The van der Waals surface area contributed by atoms with Gasteiger partial charge < -0.3 is 19.3 Å². The van der Waals surface area contributed by atoms with Crippen molar-refractivity contribution < 1.29 is 40.7 Å². The average Bonchev–Trinajstić information content (AvgIpc) is 3.28. The van der Waals surface area contributed by atoms with Gasteiger partial charge in [0, 0.05) is 43.1 Å². The number of halogens is 3. The molecule has 36 heavy (non-hydrogen) atoms. The first-order chi connectivity index (χ1) is 16.7. The number of nitrogens with two attached hydrogens (primary N) is 1. The van der Waals surface area contributed by atoms with E-state index < -0.39 is 22.5 Å². The third kappa shape index (κ3) is 5.73. The van der Waals surface area contributed by atoms with Crippen LogP contribution in [0.1, 0.15) is 22.8 Å². The summed E-state index contributed by atoms with van der Waals surface area (Å²) >= 11 is 0. The zero-order chi connectivity index (χ0) is 26.3. The number of amides is 2. The van der Waals surface area contributed by atoms with Crippen LogP contribution < -0.4 is 9.88 Å². The first-order valence-electron chi connectivity index (χ1n) is 10.9. The monoisotopic (exact) mass is 527 g/mol. The third-order valence-electron chi connectivity index (χ3n) is 6.47. The number of likely N-dealkylation sites (tertiary alicyclic amines) is 2. The van der Waals surface area contributed by atoms with Crippen molar-refractivity contribution in [2.45, 2.75) is 24.8 Å². The van der Waals surface area contributed by atoms with Crippen molar-refractivity contribution in [3.63, 3.8) is 0 Å². The lowest BCUT2D eigenvalue weighted by Crippen LogP contribution is -2.38. The lowest BCUT2D eigenvalue weighted by atomic mass is 9.83. The number of primary sulfonamides is 1. The fraction of sp³-hybridized carbons (Fsp3) is 0.391. The summed E-state index contributed by atoms with van der Waals surface area (Å²) in [7, 11) is -3.85. The number of carbonyl (C=O) groups is 2. The molecule has 2 heterocycles. The van der Waals surface area contributed by atoms with E-state index in [1.54, 1.807) is 9.80 Å². The van der Waals surface area contributed by atoms with E-state index in [2.05, 4.69) is 4.74 Å². The molecule has 4 rings (SSSR count). The predicted octanol–water partition coefficient (Wildman–Crippen LogP) is 2.96. The van der Waals surface area contributed by atoms with Crippen LogP contribution in [0.4, 0.5) is 18.0 Å². The van der Waals surface area contributed by atoms with Crippen molar-refractivity contribution in [3.8, 4) is 5.75 Å². The summed E-state index contributed by atoms with van der Waals surface area (Å²) in [4.78, 5) is 28.7. The third-order valence-corrected chi connectivity index (χ3v) is 7.39. The minimum atomic E-state index is -4.78. The summed E-state index contributed by atoms with van der Waals surface area (Å²) in [5.74, 6) is -0.576. The largest absolute Gasteiger partial charge is 0.573 e. The van der Waals surface area contributed by atoms with Gasteiger partial charge in [0.2, 0.25) is 10.0 Å². The highest BCUT2D eigenvalue weighted by Gasteiger charge is 2.52. The quantitative estimate of drug-likeness (QED) is 0.639. The van der Waals surface area contributed by atoms with Gasteiger partial charge in [-0.15, -0.1) is 13.2 Å². The lowest BCUT2D eigenvalue weighted by molar-refractivity contribution is -0.274. The summed E-state index contributed by atoms with van der Waals surface area (Å²) in [5, 5.41) is 5.09. The van der Waals surface area contributed by atoms with Gasteiger partial charge in [-0.3, -0.25) is 4.79 Å². The standard InChI is InChI=1S/C23H24F3N3O6S/c1-22-13-28(20(30)16-4-8-19(9-5-16)36(27,32)33)10-17(22)11-29(14-22)21(31)34-12-15-2-6-18(7-3-15)35-23(24,25)26/h2-9,17H,10-14H2,1H3,(H2,27,32,33)/t17-,22-/m1/s1. The van der Waals surface area contributed by atoms with E-state index in [0.717, 1.165) is 12.1 Å². The van der Waals surface area contributed by atoms with E-state index in [1.165, 1.54) is 36.4 Å². The molecule has 0 unspecified atom stereocenters. The molecule has 2 fully saturated rings. The number of ether oxygens (including phenoxy) is 2. The van der Waals surface area contributed by atoms with Gasteiger partial charge in [-0.05, 0) is 42.0 Å². The van der Waals surface area contributed by atoms with Crippen LogP contribution in [0.5, 0.6) is 5.75 Å². The summed E-state index contributed by atoms with van der Waals surface area (Å²) in [6, 6.07) is 10.5. The fourth-order valence-electron chi connectivity index (χ4n) is 4.63. The molecule has 2 N–H and O–H groups in total. The Labute approximate surface area is 205 Å². The second-order valence-corrected chi connectivity index (χ2v) is 10.8. The first kappa shape index (κ1) is 25.8. The average molecular weight is 528 g/mol. The van der Waals surface area contributed by atoms with Gasteiger partial charge in [-0.1, -0.05) is 19.1 Å². The number of benzene rings is 2. The maximum absolute atomic E-state index is 12.9. The molecule has 2 amide bonds. The van der Waals surface area contributed by atoms with E-state index >= 15 is 0 Å². The Balaban J connectivity index is 1.30.